The summed E-state index contributed by atoms with van der Waals surface area (Å²) in [4.78, 5) is 12.8. The normalized spacial score (nSPS) is 10.6. The number of hydrogen-bond acceptors (Lipinski definition) is 7. The molecule has 0 aliphatic heterocycles. The zero-order valence-corrected chi connectivity index (χ0v) is 18.1. The van der Waals surface area contributed by atoms with Crippen molar-refractivity contribution in [3.63, 3.8) is 0 Å². The highest BCUT2D eigenvalue weighted by molar-refractivity contribution is 6.02. The number of hydrogen-bond donors (Lipinski definition) is 0. The summed E-state index contributed by atoms with van der Waals surface area (Å²) in [5, 5.41) is 1.34. The predicted octanol–water partition coefficient (Wildman–Crippen LogP) is 3.26. The molecule has 0 atom stereocenters. The van der Waals surface area contributed by atoms with Crippen LogP contribution in [-0.4, -0.2) is 47.2 Å². The van der Waals surface area contributed by atoms with Crippen molar-refractivity contribution < 1.29 is 28.4 Å². The van der Waals surface area contributed by atoms with Gasteiger partial charge in [0.1, 0.15) is 0 Å². The highest BCUT2D eigenvalue weighted by atomic mass is 16.5. The average Bonchev–Trinajstić information content (AvgIpc) is 2.77. The van der Waals surface area contributed by atoms with Gasteiger partial charge >= 0.3 is 0 Å². The summed E-state index contributed by atoms with van der Waals surface area (Å²) >= 11 is 0. The van der Waals surface area contributed by atoms with E-state index in [1.54, 1.807) is 32.4 Å². The smallest absolute Gasteiger partial charge is 0.251 e. The first-order chi connectivity index (χ1) is 14.4. The average molecular weight is 415 g/mol. The van der Waals surface area contributed by atoms with E-state index in [9.17, 15) is 4.79 Å². The Kier molecular flexibility index (Phi) is 5.96. The lowest BCUT2D eigenvalue weighted by Gasteiger charge is -2.20. The molecule has 8 heteroatoms. The minimum atomic E-state index is -0.194. The zero-order valence-electron chi connectivity index (χ0n) is 18.1. The van der Waals surface area contributed by atoms with E-state index in [4.69, 9.17) is 28.4 Å². The summed E-state index contributed by atoms with van der Waals surface area (Å²) in [5.41, 5.74) is 1.09. The van der Waals surface area contributed by atoms with Gasteiger partial charge in [-0.25, -0.2) is 0 Å². The summed E-state index contributed by atoms with van der Waals surface area (Å²) < 4.78 is 34.6. The van der Waals surface area contributed by atoms with Crippen LogP contribution in [0, 0.1) is 0 Å². The molecule has 0 spiro atoms. The molecule has 0 fully saturated rings. The molecule has 8 nitrogen and oxygen atoms in total. The molecule has 160 valence electrons. The molecular formula is C22H25NO7. The third-order valence-corrected chi connectivity index (χ3v) is 4.98. The molecular weight excluding hydrogens is 390 g/mol. The van der Waals surface area contributed by atoms with Crippen LogP contribution >= 0.6 is 0 Å². The topological polar surface area (TPSA) is 77.4 Å². The Morgan fingerprint density at radius 1 is 0.633 bits per heavy atom. The highest BCUT2D eigenvalue weighted by Crippen LogP contribution is 2.48. The number of nitrogens with zero attached hydrogens (tertiary/aromatic N) is 1. The van der Waals surface area contributed by atoms with Gasteiger partial charge in [-0.1, -0.05) is 0 Å². The van der Waals surface area contributed by atoms with E-state index in [0.717, 1.165) is 0 Å². The maximum Gasteiger partial charge on any atom is 0.251 e. The van der Waals surface area contributed by atoms with Crippen LogP contribution in [-0.2, 0) is 7.05 Å². The summed E-state index contributed by atoms with van der Waals surface area (Å²) in [6, 6.07) is 6.85. The van der Waals surface area contributed by atoms with Gasteiger partial charge in [0, 0.05) is 18.7 Å². The van der Waals surface area contributed by atoms with Crippen LogP contribution in [0.5, 0.6) is 34.5 Å². The van der Waals surface area contributed by atoms with Crippen molar-refractivity contribution in [1.82, 2.24) is 4.57 Å². The molecule has 0 radical (unpaired) electrons. The number of fused-ring (bicyclic) bond motifs is 1. The van der Waals surface area contributed by atoms with E-state index in [2.05, 4.69) is 0 Å². The van der Waals surface area contributed by atoms with Gasteiger partial charge in [0.25, 0.3) is 5.56 Å². The molecule has 1 heterocycles. The Bertz CT molecular complexity index is 1130. The number of pyridine rings is 1. The Morgan fingerprint density at radius 2 is 1.13 bits per heavy atom. The summed E-state index contributed by atoms with van der Waals surface area (Å²) in [6.45, 7) is 0. The highest BCUT2D eigenvalue weighted by Gasteiger charge is 2.23. The maximum atomic E-state index is 12.8. The number of methoxy groups -OCH3 is 6. The second-order valence-corrected chi connectivity index (χ2v) is 6.41. The molecule has 0 N–H and O–H groups in total. The number of ether oxygens (including phenoxy) is 6. The van der Waals surface area contributed by atoms with Crippen molar-refractivity contribution in [3.05, 3.63) is 34.6 Å². The van der Waals surface area contributed by atoms with Crippen molar-refractivity contribution in [1.29, 1.82) is 0 Å². The number of benzene rings is 2. The molecule has 0 amide bonds. The van der Waals surface area contributed by atoms with Crippen molar-refractivity contribution in [3.8, 4) is 45.8 Å². The van der Waals surface area contributed by atoms with Gasteiger partial charge in [-0.05, 0) is 23.6 Å². The minimum Gasteiger partial charge on any atom is -0.493 e. The lowest BCUT2D eigenvalue weighted by molar-refractivity contribution is 0.324. The van der Waals surface area contributed by atoms with Crippen LogP contribution < -0.4 is 34.0 Å². The molecule has 0 bridgehead atoms. The third-order valence-electron chi connectivity index (χ3n) is 4.98. The molecule has 0 aliphatic rings. The maximum absolute atomic E-state index is 12.8. The fourth-order valence-electron chi connectivity index (χ4n) is 3.60. The first-order valence-electron chi connectivity index (χ1n) is 9.08. The third kappa shape index (κ3) is 3.24. The van der Waals surface area contributed by atoms with Gasteiger partial charge in [-0.2, -0.15) is 0 Å². The lowest BCUT2D eigenvalue weighted by Crippen LogP contribution is -2.18. The first-order valence-corrected chi connectivity index (χ1v) is 9.08. The first kappa shape index (κ1) is 21.2. The summed E-state index contributed by atoms with van der Waals surface area (Å²) in [6.07, 6.45) is 0. The van der Waals surface area contributed by atoms with E-state index in [-0.39, 0.29) is 5.56 Å². The van der Waals surface area contributed by atoms with Gasteiger partial charge in [-0.15, -0.1) is 0 Å². The molecule has 0 saturated heterocycles. The molecule has 0 saturated carbocycles. The molecule has 0 unspecified atom stereocenters. The van der Waals surface area contributed by atoms with Crippen LogP contribution in [0.25, 0.3) is 22.0 Å². The molecule has 3 rings (SSSR count). The van der Waals surface area contributed by atoms with Crippen LogP contribution in [0.15, 0.2) is 29.1 Å². The fraction of sp³-hybridized carbons (Fsp3) is 0.318. The second-order valence-electron chi connectivity index (χ2n) is 6.41. The van der Waals surface area contributed by atoms with Gasteiger partial charge in [0.15, 0.2) is 23.0 Å². The lowest BCUT2D eigenvalue weighted by atomic mass is 10.0. The van der Waals surface area contributed by atoms with E-state index in [0.29, 0.717) is 56.5 Å². The summed E-state index contributed by atoms with van der Waals surface area (Å²) in [5.74, 6) is 2.74. The molecule has 30 heavy (non-hydrogen) atoms. The van der Waals surface area contributed by atoms with Crippen LogP contribution in [0.1, 0.15) is 0 Å². The Balaban J connectivity index is 2.53. The molecule has 2 aromatic carbocycles. The van der Waals surface area contributed by atoms with Gasteiger partial charge in [0.05, 0.1) is 53.7 Å². The minimum absolute atomic E-state index is 0.194. The van der Waals surface area contributed by atoms with Gasteiger partial charge in [-0.3, -0.25) is 4.79 Å². The standard InChI is InChI=1S/C22H25NO7/c1-23-17(24)11-12-8-16(27-4)21(29-6)22(30-7)18(12)19(23)13-9-14(25-2)20(28-5)15(10-13)26-3/h8-11H,1-7H3. The fourth-order valence-corrected chi connectivity index (χ4v) is 3.60. The number of rotatable bonds is 7. The van der Waals surface area contributed by atoms with Crippen LogP contribution in [0.3, 0.4) is 0 Å². The zero-order chi connectivity index (χ0) is 22.0. The van der Waals surface area contributed by atoms with E-state index in [1.165, 1.54) is 46.2 Å². The van der Waals surface area contributed by atoms with Crippen molar-refractivity contribution in [2.45, 2.75) is 0 Å². The van der Waals surface area contributed by atoms with E-state index in [1.807, 2.05) is 0 Å². The Labute approximate surface area is 174 Å². The predicted molar refractivity (Wildman–Crippen MR) is 114 cm³/mol. The monoisotopic (exact) mass is 415 g/mol. The van der Waals surface area contributed by atoms with Gasteiger partial charge in [0.2, 0.25) is 11.5 Å². The van der Waals surface area contributed by atoms with Crippen LogP contribution in [0.4, 0.5) is 0 Å². The van der Waals surface area contributed by atoms with Crippen molar-refractivity contribution in [2.75, 3.05) is 42.7 Å². The quantitative estimate of drug-likeness (QED) is 0.586. The molecule has 1 aromatic heterocycles. The Morgan fingerprint density at radius 3 is 1.60 bits per heavy atom. The van der Waals surface area contributed by atoms with Crippen molar-refractivity contribution in [2.24, 2.45) is 7.05 Å². The molecule has 3 aromatic rings. The molecule has 0 aliphatic carbocycles. The SMILES string of the molecule is COc1cc(-c2c3c(OC)c(OC)c(OC)cc3cc(=O)n2C)cc(OC)c1OC. The second kappa shape index (κ2) is 8.44. The van der Waals surface area contributed by atoms with Crippen molar-refractivity contribution >= 4 is 10.8 Å². The van der Waals surface area contributed by atoms with E-state index < -0.39 is 0 Å². The van der Waals surface area contributed by atoms with Crippen LogP contribution in [0.2, 0.25) is 0 Å². The number of aromatic nitrogens is 1. The summed E-state index contributed by atoms with van der Waals surface area (Å²) in [7, 11) is 10.9. The van der Waals surface area contributed by atoms with E-state index >= 15 is 0 Å². The van der Waals surface area contributed by atoms with Gasteiger partial charge < -0.3 is 33.0 Å². The largest absolute Gasteiger partial charge is 0.493 e. The Hall–Kier alpha value is -3.55.